The van der Waals surface area contributed by atoms with E-state index in [4.69, 9.17) is 15.0 Å². The van der Waals surface area contributed by atoms with Crippen molar-refractivity contribution in [3.8, 4) is 51.0 Å². The minimum atomic E-state index is 0.635. The highest BCUT2D eigenvalue weighted by atomic mass is 32.1. The monoisotopic (exact) mass is 756 g/mol. The van der Waals surface area contributed by atoms with Crippen LogP contribution in [-0.2, 0) is 0 Å². The Labute approximate surface area is 338 Å². The first kappa shape index (κ1) is 32.7. The van der Waals surface area contributed by atoms with Crippen LogP contribution in [-0.4, -0.2) is 19.5 Å². The second-order valence-corrected chi connectivity index (χ2v) is 15.9. The maximum Gasteiger partial charge on any atom is 0.164 e. The number of rotatable bonds is 5. The number of hydrogen-bond donors (Lipinski definition) is 0. The predicted octanol–water partition coefficient (Wildman–Crippen LogP) is 14.3. The Kier molecular flexibility index (Phi) is 7.37. The normalized spacial score (nSPS) is 11.8. The summed E-state index contributed by atoms with van der Waals surface area (Å²) < 4.78 is 4.94. The van der Waals surface area contributed by atoms with Gasteiger partial charge in [0.15, 0.2) is 17.5 Å². The smallest absolute Gasteiger partial charge is 0.164 e. The fraction of sp³-hybridized carbons (Fsp3) is 0. The Morgan fingerprint density at radius 1 is 0.328 bits per heavy atom. The molecule has 0 spiro atoms. The summed E-state index contributed by atoms with van der Waals surface area (Å²) in [4.78, 5) is 15.8. The maximum absolute atomic E-state index is 5.30. The van der Waals surface area contributed by atoms with Crippen molar-refractivity contribution in [2.24, 2.45) is 0 Å². The molecule has 0 atom stereocenters. The standard InChI is InChI=1S/C53H32N4S/c1-2-13-33(14-3-1)34-17-10-18-37(29-34)51-54-52(38-27-28-50-45(31-38)42-20-7-9-26-49(42)58-50)56-53(55-51)43-23-11-22-40-39(43)21-12-25-47(40)57-46-24-8-6-19-41(46)44-30-35-15-4-5-16-36(35)32-48(44)57/h1-32H. The van der Waals surface area contributed by atoms with Gasteiger partial charge in [-0.25, -0.2) is 15.0 Å². The van der Waals surface area contributed by atoms with Gasteiger partial charge in [0.05, 0.1) is 16.7 Å². The third kappa shape index (κ3) is 5.25. The van der Waals surface area contributed by atoms with Crippen LogP contribution in [0.25, 0.3) is 115 Å². The van der Waals surface area contributed by atoms with Crippen LogP contribution in [0.2, 0.25) is 0 Å². The molecule has 3 aromatic heterocycles. The zero-order valence-corrected chi connectivity index (χ0v) is 32.0. The molecule has 58 heavy (non-hydrogen) atoms. The van der Waals surface area contributed by atoms with Crippen LogP contribution in [0.1, 0.15) is 0 Å². The number of thiophene rings is 1. The molecule has 0 fully saturated rings. The lowest BCUT2D eigenvalue weighted by atomic mass is 10.0. The van der Waals surface area contributed by atoms with Gasteiger partial charge in [0.1, 0.15) is 0 Å². The number of fused-ring (bicyclic) bond motifs is 8. The molecule has 0 unspecified atom stereocenters. The van der Waals surface area contributed by atoms with Gasteiger partial charge < -0.3 is 4.57 Å². The van der Waals surface area contributed by atoms with Crippen LogP contribution >= 0.6 is 11.3 Å². The fourth-order valence-electron chi connectivity index (χ4n) is 8.69. The molecule has 4 nitrogen and oxygen atoms in total. The molecule has 5 heteroatoms. The van der Waals surface area contributed by atoms with Crippen LogP contribution in [0.3, 0.4) is 0 Å². The number of hydrogen-bond acceptors (Lipinski definition) is 4. The molecular weight excluding hydrogens is 725 g/mol. The number of benzene rings is 9. The van der Waals surface area contributed by atoms with Crippen molar-refractivity contribution < 1.29 is 0 Å². The molecule has 0 aliphatic rings. The van der Waals surface area contributed by atoms with E-state index in [9.17, 15) is 0 Å². The number of aromatic nitrogens is 4. The third-order valence-corrected chi connectivity index (χ3v) is 12.6. The molecule has 0 aliphatic carbocycles. The third-order valence-electron chi connectivity index (χ3n) is 11.4. The van der Waals surface area contributed by atoms with Gasteiger partial charge in [0.2, 0.25) is 0 Å². The Morgan fingerprint density at radius 3 is 1.83 bits per heavy atom. The van der Waals surface area contributed by atoms with Crippen LogP contribution < -0.4 is 0 Å². The summed E-state index contributed by atoms with van der Waals surface area (Å²) in [5.41, 5.74) is 8.57. The zero-order valence-electron chi connectivity index (χ0n) is 31.2. The lowest BCUT2D eigenvalue weighted by Gasteiger charge is -2.15. The minimum absolute atomic E-state index is 0.635. The largest absolute Gasteiger partial charge is 0.309 e. The van der Waals surface area contributed by atoms with E-state index in [0.29, 0.717) is 17.5 Å². The average molecular weight is 757 g/mol. The van der Waals surface area contributed by atoms with Crippen LogP contribution in [0.4, 0.5) is 0 Å². The van der Waals surface area contributed by atoms with Crippen molar-refractivity contribution in [3.63, 3.8) is 0 Å². The molecule has 12 aromatic rings. The van der Waals surface area contributed by atoms with E-state index in [1.807, 2.05) is 17.4 Å². The van der Waals surface area contributed by atoms with Gasteiger partial charge >= 0.3 is 0 Å². The van der Waals surface area contributed by atoms with E-state index >= 15 is 0 Å². The van der Waals surface area contributed by atoms with Crippen LogP contribution in [0.15, 0.2) is 194 Å². The van der Waals surface area contributed by atoms with Gasteiger partial charge in [0.25, 0.3) is 0 Å². The maximum atomic E-state index is 5.30. The van der Waals surface area contributed by atoms with E-state index in [0.717, 1.165) is 44.3 Å². The van der Waals surface area contributed by atoms with Crippen molar-refractivity contribution in [1.29, 1.82) is 0 Å². The highest BCUT2D eigenvalue weighted by molar-refractivity contribution is 7.25. The van der Waals surface area contributed by atoms with Crippen molar-refractivity contribution in [2.75, 3.05) is 0 Å². The summed E-state index contributed by atoms with van der Waals surface area (Å²) in [6.07, 6.45) is 0. The highest BCUT2D eigenvalue weighted by Crippen LogP contribution is 2.40. The summed E-state index contributed by atoms with van der Waals surface area (Å²) in [7, 11) is 0. The molecular formula is C53H32N4S. The lowest BCUT2D eigenvalue weighted by molar-refractivity contribution is 1.08. The lowest BCUT2D eigenvalue weighted by Crippen LogP contribution is -2.01. The Hall–Kier alpha value is -7.47. The van der Waals surface area contributed by atoms with Crippen molar-refractivity contribution in [2.45, 2.75) is 0 Å². The van der Waals surface area contributed by atoms with E-state index in [-0.39, 0.29) is 0 Å². The van der Waals surface area contributed by atoms with Crippen LogP contribution in [0.5, 0.6) is 0 Å². The van der Waals surface area contributed by atoms with Crippen molar-refractivity contribution in [3.05, 3.63) is 194 Å². The van der Waals surface area contributed by atoms with E-state index in [1.165, 1.54) is 52.8 Å². The van der Waals surface area contributed by atoms with E-state index < -0.39 is 0 Å². The summed E-state index contributed by atoms with van der Waals surface area (Å²) in [6, 6.07) is 69.2. The molecule has 0 N–H and O–H groups in total. The predicted molar refractivity (Wildman–Crippen MR) is 244 cm³/mol. The topological polar surface area (TPSA) is 43.6 Å². The van der Waals surface area contributed by atoms with E-state index in [1.54, 1.807) is 0 Å². The zero-order chi connectivity index (χ0) is 38.2. The molecule has 0 saturated heterocycles. The molecule has 0 aliphatic heterocycles. The first-order chi connectivity index (χ1) is 28.7. The molecule has 0 saturated carbocycles. The molecule has 270 valence electrons. The second-order valence-electron chi connectivity index (χ2n) is 14.8. The van der Waals surface area contributed by atoms with Crippen molar-refractivity contribution in [1.82, 2.24) is 19.5 Å². The summed E-state index contributed by atoms with van der Waals surface area (Å²) in [6.45, 7) is 0. The van der Waals surface area contributed by atoms with Gasteiger partial charge in [-0.1, -0.05) is 140 Å². The summed E-state index contributed by atoms with van der Waals surface area (Å²) in [5, 5.41) is 9.58. The fourth-order valence-corrected chi connectivity index (χ4v) is 9.77. The van der Waals surface area contributed by atoms with Crippen molar-refractivity contribution >= 4 is 74.9 Å². The Bertz CT molecular complexity index is 3580. The highest BCUT2D eigenvalue weighted by Gasteiger charge is 2.19. The molecule has 3 heterocycles. The number of para-hydroxylation sites is 1. The van der Waals surface area contributed by atoms with Gasteiger partial charge in [-0.15, -0.1) is 11.3 Å². The molecule has 9 aromatic carbocycles. The minimum Gasteiger partial charge on any atom is -0.309 e. The first-order valence-electron chi connectivity index (χ1n) is 19.5. The average Bonchev–Trinajstić information content (AvgIpc) is 3.83. The molecule has 0 radical (unpaired) electrons. The summed E-state index contributed by atoms with van der Waals surface area (Å²) >= 11 is 1.81. The number of nitrogens with zero attached hydrogens (tertiary/aromatic N) is 4. The van der Waals surface area contributed by atoms with E-state index in [2.05, 4.69) is 193 Å². The Balaban J connectivity index is 1.09. The second kappa shape index (κ2) is 13.1. The van der Waals surface area contributed by atoms with Gasteiger partial charge in [-0.05, 0) is 81.9 Å². The Morgan fingerprint density at radius 2 is 0.948 bits per heavy atom. The van der Waals surface area contributed by atoms with Gasteiger partial charge in [0, 0.05) is 53.0 Å². The molecule has 0 amide bonds. The van der Waals surface area contributed by atoms with Gasteiger partial charge in [-0.3, -0.25) is 0 Å². The van der Waals surface area contributed by atoms with Crippen LogP contribution in [0, 0.1) is 0 Å². The van der Waals surface area contributed by atoms with Gasteiger partial charge in [-0.2, -0.15) is 0 Å². The quantitative estimate of drug-likeness (QED) is 0.176. The molecule has 0 bridgehead atoms. The first-order valence-corrected chi connectivity index (χ1v) is 20.3. The SMILES string of the molecule is c1ccc(-c2cccc(-c3nc(-c4ccc5sc6ccccc6c5c4)nc(-c4cccc5c(-n6c7ccccc7c7cc8ccccc8cc76)cccc45)n3)c2)cc1. The summed E-state index contributed by atoms with van der Waals surface area (Å²) in [5.74, 6) is 1.91. The molecule has 12 rings (SSSR count).